The Kier molecular flexibility index (Phi) is 3.01. The summed E-state index contributed by atoms with van der Waals surface area (Å²) in [5.41, 5.74) is 8.02. The molecule has 0 unspecified atom stereocenters. The van der Waals surface area contributed by atoms with E-state index in [-0.39, 0.29) is 0 Å². The monoisotopic (exact) mass is 273 g/mol. The van der Waals surface area contributed by atoms with Crippen LogP contribution >= 0.6 is 11.6 Å². The second-order valence-corrected chi connectivity index (χ2v) is 4.59. The average molecular weight is 274 g/mol. The summed E-state index contributed by atoms with van der Waals surface area (Å²) < 4.78 is 5.63. The first-order valence-corrected chi connectivity index (χ1v) is 6.21. The highest BCUT2D eigenvalue weighted by molar-refractivity contribution is 6.34. The largest absolute Gasteiger partial charge is 0.486 e. The number of fused-ring (bicyclic) bond motifs is 1. The fourth-order valence-electron chi connectivity index (χ4n) is 1.87. The number of H-pyrrole nitrogens is 1. The van der Waals surface area contributed by atoms with Gasteiger partial charge in [0.15, 0.2) is 0 Å². The lowest BCUT2D eigenvalue weighted by Gasteiger charge is -2.04. The van der Waals surface area contributed by atoms with Crippen LogP contribution in [0.4, 0.5) is 5.69 Å². The zero-order valence-corrected chi connectivity index (χ0v) is 10.8. The molecule has 0 atom stereocenters. The molecule has 4 nitrogen and oxygen atoms in total. The molecule has 0 bridgehead atoms. The lowest BCUT2D eigenvalue weighted by molar-refractivity contribution is 0.297. The lowest BCUT2D eigenvalue weighted by atomic mass is 10.3. The Morgan fingerprint density at radius 2 is 2.05 bits per heavy atom. The van der Waals surface area contributed by atoms with Crippen LogP contribution in [-0.4, -0.2) is 9.97 Å². The minimum atomic E-state index is 0.342. The van der Waals surface area contributed by atoms with Crippen molar-refractivity contribution in [2.24, 2.45) is 0 Å². The fourth-order valence-corrected chi connectivity index (χ4v) is 2.09. The molecule has 0 saturated heterocycles. The van der Waals surface area contributed by atoms with E-state index < -0.39 is 0 Å². The highest BCUT2D eigenvalue weighted by Gasteiger charge is 2.06. The summed E-state index contributed by atoms with van der Waals surface area (Å²) in [4.78, 5) is 7.58. The van der Waals surface area contributed by atoms with Crippen LogP contribution in [0.3, 0.4) is 0 Å². The SMILES string of the molecule is Nc1cccc(OCc2nc3c(Cl)cccc3[nH]2)c1. The van der Waals surface area contributed by atoms with Crippen LogP contribution in [-0.2, 0) is 6.61 Å². The van der Waals surface area contributed by atoms with E-state index in [0.717, 1.165) is 16.9 Å². The van der Waals surface area contributed by atoms with Crippen molar-refractivity contribution in [2.45, 2.75) is 6.61 Å². The van der Waals surface area contributed by atoms with Crippen molar-refractivity contribution in [3.8, 4) is 5.75 Å². The lowest BCUT2D eigenvalue weighted by Crippen LogP contribution is -1.97. The van der Waals surface area contributed by atoms with Gasteiger partial charge in [-0.2, -0.15) is 0 Å². The van der Waals surface area contributed by atoms with E-state index in [1.165, 1.54) is 0 Å². The van der Waals surface area contributed by atoms with E-state index in [0.29, 0.717) is 23.1 Å². The third kappa shape index (κ3) is 2.48. The topological polar surface area (TPSA) is 63.9 Å². The van der Waals surface area contributed by atoms with Gasteiger partial charge in [-0.3, -0.25) is 0 Å². The molecule has 0 saturated carbocycles. The summed E-state index contributed by atoms with van der Waals surface area (Å²) in [6.45, 7) is 0.342. The van der Waals surface area contributed by atoms with E-state index in [9.17, 15) is 0 Å². The second kappa shape index (κ2) is 4.82. The summed E-state index contributed by atoms with van der Waals surface area (Å²) in [6.07, 6.45) is 0. The predicted molar refractivity (Wildman–Crippen MR) is 76.3 cm³/mol. The fraction of sp³-hybridized carbons (Fsp3) is 0.0714. The minimum absolute atomic E-state index is 0.342. The molecule has 0 fully saturated rings. The van der Waals surface area contributed by atoms with Crippen molar-refractivity contribution < 1.29 is 4.74 Å². The first-order chi connectivity index (χ1) is 9.22. The zero-order chi connectivity index (χ0) is 13.2. The Labute approximate surface area is 115 Å². The number of benzene rings is 2. The molecule has 96 valence electrons. The van der Waals surface area contributed by atoms with Crippen LogP contribution in [0.5, 0.6) is 5.75 Å². The number of rotatable bonds is 3. The van der Waals surface area contributed by atoms with Crippen molar-refractivity contribution in [2.75, 3.05) is 5.73 Å². The maximum Gasteiger partial charge on any atom is 0.146 e. The van der Waals surface area contributed by atoms with Crippen LogP contribution in [0.2, 0.25) is 5.02 Å². The highest BCUT2D eigenvalue weighted by Crippen LogP contribution is 2.22. The number of nitrogen functional groups attached to an aromatic ring is 1. The van der Waals surface area contributed by atoms with E-state index in [1.54, 1.807) is 6.07 Å². The summed E-state index contributed by atoms with van der Waals surface area (Å²) in [5, 5.41) is 0.629. The summed E-state index contributed by atoms with van der Waals surface area (Å²) in [6, 6.07) is 12.9. The number of nitrogens with zero attached hydrogens (tertiary/aromatic N) is 1. The van der Waals surface area contributed by atoms with Crippen LogP contribution in [0.25, 0.3) is 11.0 Å². The number of anilines is 1. The average Bonchev–Trinajstić information content (AvgIpc) is 2.81. The van der Waals surface area contributed by atoms with Gasteiger partial charge in [-0.05, 0) is 24.3 Å². The molecule has 3 rings (SSSR count). The Morgan fingerprint density at radius 1 is 1.21 bits per heavy atom. The number of nitrogens with two attached hydrogens (primary N) is 1. The molecule has 0 spiro atoms. The van der Waals surface area contributed by atoms with Crippen molar-refractivity contribution in [1.29, 1.82) is 0 Å². The Bertz CT molecular complexity index is 724. The maximum absolute atomic E-state index is 6.07. The summed E-state index contributed by atoms with van der Waals surface area (Å²) in [5.74, 6) is 1.44. The first-order valence-electron chi connectivity index (χ1n) is 5.84. The van der Waals surface area contributed by atoms with Gasteiger partial charge in [0.1, 0.15) is 23.7 Å². The molecule has 3 aromatic rings. The van der Waals surface area contributed by atoms with Crippen molar-refractivity contribution in [3.05, 3.63) is 53.3 Å². The van der Waals surface area contributed by atoms with Gasteiger partial charge in [0.25, 0.3) is 0 Å². The van der Waals surface area contributed by atoms with Gasteiger partial charge in [0.2, 0.25) is 0 Å². The molecule has 1 aromatic heterocycles. The van der Waals surface area contributed by atoms with Crippen molar-refractivity contribution >= 4 is 28.3 Å². The Hall–Kier alpha value is -2.20. The molecule has 2 aromatic carbocycles. The number of ether oxygens (including phenoxy) is 1. The van der Waals surface area contributed by atoms with E-state index in [2.05, 4.69) is 9.97 Å². The van der Waals surface area contributed by atoms with E-state index in [4.69, 9.17) is 22.1 Å². The van der Waals surface area contributed by atoms with Crippen molar-refractivity contribution in [1.82, 2.24) is 9.97 Å². The van der Waals surface area contributed by atoms with Gasteiger partial charge < -0.3 is 15.5 Å². The third-order valence-electron chi connectivity index (χ3n) is 2.75. The van der Waals surface area contributed by atoms with Gasteiger partial charge in [0, 0.05) is 11.8 Å². The van der Waals surface area contributed by atoms with Gasteiger partial charge in [-0.25, -0.2) is 4.98 Å². The van der Waals surface area contributed by atoms with E-state index >= 15 is 0 Å². The molecule has 19 heavy (non-hydrogen) atoms. The number of halogens is 1. The number of hydrogen-bond donors (Lipinski definition) is 2. The second-order valence-electron chi connectivity index (χ2n) is 4.18. The molecular weight excluding hydrogens is 262 g/mol. The molecular formula is C14H12ClN3O. The van der Waals surface area contributed by atoms with Gasteiger partial charge >= 0.3 is 0 Å². The number of aromatic amines is 1. The zero-order valence-electron chi connectivity index (χ0n) is 10.1. The van der Waals surface area contributed by atoms with Gasteiger partial charge in [-0.1, -0.05) is 23.7 Å². The highest BCUT2D eigenvalue weighted by atomic mass is 35.5. The van der Waals surface area contributed by atoms with Crippen LogP contribution < -0.4 is 10.5 Å². The minimum Gasteiger partial charge on any atom is -0.486 e. The smallest absolute Gasteiger partial charge is 0.146 e. The van der Waals surface area contributed by atoms with Crippen LogP contribution in [0.15, 0.2) is 42.5 Å². The number of aromatic nitrogens is 2. The molecule has 0 aliphatic carbocycles. The third-order valence-corrected chi connectivity index (χ3v) is 3.05. The molecule has 0 aliphatic heterocycles. The van der Waals surface area contributed by atoms with Gasteiger partial charge in [-0.15, -0.1) is 0 Å². The van der Waals surface area contributed by atoms with E-state index in [1.807, 2.05) is 36.4 Å². The molecule has 1 heterocycles. The predicted octanol–water partition coefficient (Wildman–Crippen LogP) is 3.38. The molecule has 3 N–H and O–H groups in total. The number of hydrogen-bond acceptors (Lipinski definition) is 3. The normalized spacial score (nSPS) is 10.8. The number of nitrogens with one attached hydrogen (secondary N) is 1. The number of imidazole rings is 1. The maximum atomic E-state index is 6.07. The molecule has 5 heteroatoms. The Balaban J connectivity index is 1.80. The van der Waals surface area contributed by atoms with Crippen molar-refractivity contribution in [3.63, 3.8) is 0 Å². The standard InChI is InChI=1S/C14H12ClN3O/c15-11-5-2-6-12-14(11)18-13(17-12)8-19-10-4-1-3-9(16)7-10/h1-7H,8,16H2,(H,17,18). The quantitative estimate of drug-likeness (QED) is 0.719. The first kappa shape index (κ1) is 11.9. The number of para-hydroxylation sites is 1. The summed E-state index contributed by atoms with van der Waals surface area (Å²) in [7, 11) is 0. The Morgan fingerprint density at radius 3 is 2.84 bits per heavy atom. The van der Waals surface area contributed by atoms with Gasteiger partial charge in [0.05, 0.1) is 10.5 Å². The summed E-state index contributed by atoms with van der Waals surface area (Å²) >= 11 is 6.07. The molecule has 0 amide bonds. The molecule has 0 aliphatic rings. The van der Waals surface area contributed by atoms with Crippen LogP contribution in [0, 0.1) is 0 Å². The molecule has 0 radical (unpaired) electrons. The van der Waals surface area contributed by atoms with Crippen LogP contribution in [0.1, 0.15) is 5.82 Å².